The van der Waals surface area contributed by atoms with Gasteiger partial charge < -0.3 is 11.5 Å². The van der Waals surface area contributed by atoms with Crippen LogP contribution in [0.4, 0.5) is 24.7 Å². The normalized spacial score (nSPS) is 11.5. The number of alkyl halides is 3. The Labute approximate surface area is 101 Å². The van der Waals surface area contributed by atoms with Gasteiger partial charge in [0.2, 0.25) is 0 Å². The molecule has 0 aliphatic carbocycles. The second kappa shape index (κ2) is 4.21. The molecule has 0 saturated heterocycles. The first kappa shape index (κ1) is 12.2. The van der Waals surface area contributed by atoms with Crippen LogP contribution in [0.2, 0.25) is 0 Å². The molecule has 4 N–H and O–H groups in total. The number of anilines is 2. The van der Waals surface area contributed by atoms with Gasteiger partial charge >= 0.3 is 6.18 Å². The standard InChI is InChI=1S/C12H10F3N3/c13-12(14,15)8-6-9(18-11(17)10(8)16)7-4-2-1-3-5-7/h1-6H,16H2,(H2,17,18). The molecule has 0 atom stereocenters. The van der Waals surface area contributed by atoms with Crippen molar-refractivity contribution < 1.29 is 13.2 Å². The van der Waals surface area contributed by atoms with E-state index in [-0.39, 0.29) is 11.5 Å². The fraction of sp³-hybridized carbons (Fsp3) is 0.0833. The van der Waals surface area contributed by atoms with E-state index in [0.29, 0.717) is 5.56 Å². The molecule has 0 radical (unpaired) electrons. The molecule has 94 valence electrons. The highest BCUT2D eigenvalue weighted by Gasteiger charge is 2.34. The van der Waals surface area contributed by atoms with Gasteiger partial charge in [0.15, 0.2) is 0 Å². The van der Waals surface area contributed by atoms with E-state index in [4.69, 9.17) is 11.5 Å². The summed E-state index contributed by atoms with van der Waals surface area (Å²) in [5.74, 6) is -0.316. The van der Waals surface area contributed by atoms with Crippen LogP contribution < -0.4 is 11.5 Å². The lowest BCUT2D eigenvalue weighted by Crippen LogP contribution is -2.12. The third-order valence-corrected chi connectivity index (χ3v) is 2.46. The summed E-state index contributed by atoms with van der Waals surface area (Å²) >= 11 is 0. The molecular formula is C12H10F3N3. The number of pyridine rings is 1. The zero-order valence-electron chi connectivity index (χ0n) is 9.20. The predicted octanol–water partition coefficient (Wildman–Crippen LogP) is 2.93. The fourth-order valence-corrected chi connectivity index (χ4v) is 1.57. The molecule has 0 bridgehead atoms. The average molecular weight is 253 g/mol. The molecule has 0 aliphatic heterocycles. The molecule has 0 unspecified atom stereocenters. The number of aromatic nitrogens is 1. The Kier molecular flexibility index (Phi) is 2.86. The van der Waals surface area contributed by atoms with E-state index in [2.05, 4.69) is 4.98 Å². The monoisotopic (exact) mass is 253 g/mol. The van der Waals surface area contributed by atoms with Crippen molar-refractivity contribution in [2.45, 2.75) is 6.18 Å². The number of rotatable bonds is 1. The molecule has 0 fully saturated rings. The lowest BCUT2D eigenvalue weighted by Gasteiger charge is -2.13. The van der Waals surface area contributed by atoms with Crippen molar-refractivity contribution in [1.29, 1.82) is 0 Å². The summed E-state index contributed by atoms with van der Waals surface area (Å²) in [6.45, 7) is 0. The largest absolute Gasteiger partial charge is 0.418 e. The van der Waals surface area contributed by atoms with Crippen molar-refractivity contribution in [2.75, 3.05) is 11.5 Å². The van der Waals surface area contributed by atoms with E-state index in [1.54, 1.807) is 30.3 Å². The first-order valence-electron chi connectivity index (χ1n) is 5.08. The summed E-state index contributed by atoms with van der Waals surface area (Å²) in [5.41, 5.74) is 9.92. The van der Waals surface area contributed by atoms with Crippen molar-refractivity contribution in [2.24, 2.45) is 0 Å². The molecule has 0 saturated carbocycles. The van der Waals surface area contributed by atoms with Crippen molar-refractivity contribution in [3.05, 3.63) is 42.0 Å². The molecule has 1 aromatic heterocycles. The van der Waals surface area contributed by atoms with E-state index in [0.717, 1.165) is 6.07 Å². The summed E-state index contributed by atoms with van der Waals surface area (Å²) in [6, 6.07) is 9.37. The second-order valence-corrected chi connectivity index (χ2v) is 3.72. The number of nitrogen functional groups attached to an aromatic ring is 2. The Balaban J connectivity index is 2.62. The first-order valence-corrected chi connectivity index (χ1v) is 5.08. The van der Waals surface area contributed by atoms with Crippen LogP contribution in [0, 0.1) is 0 Å². The van der Waals surface area contributed by atoms with Crippen molar-refractivity contribution in [3.63, 3.8) is 0 Å². The zero-order valence-corrected chi connectivity index (χ0v) is 9.20. The van der Waals surface area contributed by atoms with E-state index < -0.39 is 17.4 Å². The lowest BCUT2D eigenvalue weighted by atomic mass is 10.1. The van der Waals surface area contributed by atoms with Gasteiger partial charge in [0.25, 0.3) is 0 Å². The molecular weight excluding hydrogens is 243 g/mol. The number of nitrogens with zero attached hydrogens (tertiary/aromatic N) is 1. The van der Waals surface area contributed by atoms with Crippen molar-refractivity contribution in [3.8, 4) is 11.3 Å². The topological polar surface area (TPSA) is 64.9 Å². The van der Waals surface area contributed by atoms with Crippen LogP contribution in [-0.4, -0.2) is 4.98 Å². The number of hydrogen-bond acceptors (Lipinski definition) is 3. The van der Waals surface area contributed by atoms with Gasteiger partial charge in [0.1, 0.15) is 5.82 Å². The molecule has 0 spiro atoms. The summed E-state index contributed by atoms with van der Waals surface area (Å²) in [4.78, 5) is 3.87. The highest BCUT2D eigenvalue weighted by atomic mass is 19.4. The van der Waals surface area contributed by atoms with Crippen molar-refractivity contribution in [1.82, 2.24) is 4.98 Å². The Bertz CT molecular complexity index is 565. The summed E-state index contributed by atoms with van der Waals surface area (Å²) in [7, 11) is 0. The van der Waals surface area contributed by atoms with Gasteiger partial charge in [0, 0.05) is 5.56 Å². The number of benzene rings is 1. The second-order valence-electron chi connectivity index (χ2n) is 3.72. The minimum Gasteiger partial charge on any atom is -0.395 e. The van der Waals surface area contributed by atoms with Gasteiger partial charge in [-0.3, -0.25) is 0 Å². The maximum Gasteiger partial charge on any atom is 0.418 e. The highest BCUT2D eigenvalue weighted by Crippen LogP contribution is 2.37. The lowest BCUT2D eigenvalue weighted by molar-refractivity contribution is -0.136. The maximum atomic E-state index is 12.8. The smallest absolute Gasteiger partial charge is 0.395 e. The third-order valence-electron chi connectivity index (χ3n) is 2.46. The molecule has 6 heteroatoms. The molecule has 18 heavy (non-hydrogen) atoms. The number of hydrogen-bond donors (Lipinski definition) is 2. The van der Waals surface area contributed by atoms with Crippen LogP contribution in [0.25, 0.3) is 11.3 Å². The molecule has 3 nitrogen and oxygen atoms in total. The van der Waals surface area contributed by atoms with Crippen LogP contribution in [-0.2, 0) is 6.18 Å². The summed E-state index contributed by atoms with van der Waals surface area (Å²) in [6.07, 6.45) is -4.55. The van der Waals surface area contributed by atoms with Crippen molar-refractivity contribution >= 4 is 11.5 Å². The van der Waals surface area contributed by atoms with Crippen LogP contribution in [0.3, 0.4) is 0 Å². The molecule has 2 rings (SSSR count). The highest BCUT2D eigenvalue weighted by molar-refractivity contribution is 5.71. The van der Waals surface area contributed by atoms with Crippen LogP contribution >= 0.6 is 0 Å². The Morgan fingerprint density at radius 2 is 1.61 bits per heavy atom. The Morgan fingerprint density at radius 3 is 2.17 bits per heavy atom. The molecule has 0 amide bonds. The van der Waals surface area contributed by atoms with Crippen LogP contribution in [0.1, 0.15) is 5.56 Å². The summed E-state index contributed by atoms with van der Waals surface area (Å²) < 4.78 is 38.3. The van der Waals surface area contributed by atoms with Crippen LogP contribution in [0.5, 0.6) is 0 Å². The van der Waals surface area contributed by atoms with Gasteiger partial charge in [-0.05, 0) is 6.07 Å². The minimum atomic E-state index is -4.55. The first-order chi connectivity index (χ1) is 8.39. The average Bonchev–Trinajstić information content (AvgIpc) is 2.32. The van der Waals surface area contributed by atoms with E-state index >= 15 is 0 Å². The molecule has 1 heterocycles. The minimum absolute atomic E-state index is 0.148. The van der Waals surface area contributed by atoms with Gasteiger partial charge in [-0.25, -0.2) is 4.98 Å². The number of halogens is 3. The van der Waals surface area contributed by atoms with Crippen LogP contribution in [0.15, 0.2) is 36.4 Å². The third kappa shape index (κ3) is 2.22. The van der Waals surface area contributed by atoms with Gasteiger partial charge in [-0.1, -0.05) is 30.3 Å². The fourth-order valence-electron chi connectivity index (χ4n) is 1.57. The molecule has 1 aromatic carbocycles. The van der Waals surface area contributed by atoms with Gasteiger partial charge in [-0.2, -0.15) is 13.2 Å². The Hall–Kier alpha value is -2.24. The molecule has 0 aliphatic rings. The molecule has 2 aromatic rings. The predicted molar refractivity (Wildman–Crippen MR) is 63.5 cm³/mol. The SMILES string of the molecule is Nc1nc(-c2ccccc2)cc(C(F)(F)F)c1N. The number of nitrogens with two attached hydrogens (primary N) is 2. The quantitative estimate of drug-likeness (QED) is 0.821. The van der Waals surface area contributed by atoms with E-state index in [9.17, 15) is 13.2 Å². The van der Waals surface area contributed by atoms with E-state index in [1.807, 2.05) is 0 Å². The van der Waals surface area contributed by atoms with Gasteiger partial charge in [0.05, 0.1) is 16.9 Å². The maximum absolute atomic E-state index is 12.8. The summed E-state index contributed by atoms with van der Waals surface area (Å²) in [5, 5.41) is 0. The van der Waals surface area contributed by atoms with Gasteiger partial charge in [-0.15, -0.1) is 0 Å². The Morgan fingerprint density at radius 1 is 1.00 bits per heavy atom. The van der Waals surface area contributed by atoms with E-state index in [1.165, 1.54) is 0 Å². The zero-order chi connectivity index (χ0) is 13.3.